The molecule has 1 aliphatic heterocycles. The van der Waals surface area contributed by atoms with Gasteiger partial charge in [-0.3, -0.25) is 9.59 Å². The molecule has 1 aromatic carbocycles. The number of hydrogen-bond donors (Lipinski definition) is 2. The van der Waals surface area contributed by atoms with Crippen molar-refractivity contribution in [1.82, 2.24) is 15.2 Å². The lowest BCUT2D eigenvalue weighted by Gasteiger charge is -2.31. The first-order valence-electron chi connectivity index (χ1n) is 9.34. The number of hydrogen-bond acceptors (Lipinski definition) is 5. The van der Waals surface area contributed by atoms with Crippen LogP contribution in [0.4, 0.5) is 4.79 Å². The van der Waals surface area contributed by atoms with Crippen LogP contribution in [0.1, 0.15) is 29.4 Å². The first kappa shape index (κ1) is 18.5. The van der Waals surface area contributed by atoms with Crippen molar-refractivity contribution in [3.8, 4) is 0 Å². The number of likely N-dealkylation sites (tertiary alicyclic amines) is 1. The number of piperidine rings is 1. The first-order chi connectivity index (χ1) is 13.6. The third-order valence-corrected chi connectivity index (χ3v) is 5.92. The molecule has 0 aliphatic carbocycles. The summed E-state index contributed by atoms with van der Waals surface area (Å²) in [6, 6.07) is 9.42. The Labute approximate surface area is 165 Å². The summed E-state index contributed by atoms with van der Waals surface area (Å²) < 4.78 is 4.86. The van der Waals surface area contributed by atoms with E-state index in [1.54, 1.807) is 17.9 Å². The average Bonchev–Trinajstić information content (AvgIpc) is 3.08. The Morgan fingerprint density at radius 3 is 2.75 bits per heavy atom. The van der Waals surface area contributed by atoms with Crippen LogP contribution in [0.3, 0.4) is 0 Å². The SMILES string of the molecule is CCOC(=O)N1CCC(NC(=O)c2cc3c([nH]c4ccccc43)c(=O)s2)CC1. The average molecular weight is 399 g/mol. The van der Waals surface area contributed by atoms with Gasteiger partial charge < -0.3 is 19.9 Å². The van der Waals surface area contributed by atoms with E-state index in [9.17, 15) is 14.4 Å². The van der Waals surface area contributed by atoms with E-state index in [0.29, 0.717) is 42.9 Å². The van der Waals surface area contributed by atoms with Crippen molar-refractivity contribution in [3.05, 3.63) is 44.7 Å². The van der Waals surface area contributed by atoms with E-state index < -0.39 is 0 Å². The van der Waals surface area contributed by atoms with Gasteiger partial charge in [-0.25, -0.2) is 4.79 Å². The minimum Gasteiger partial charge on any atom is -0.450 e. The van der Waals surface area contributed by atoms with E-state index in [2.05, 4.69) is 10.3 Å². The monoisotopic (exact) mass is 399 g/mol. The van der Waals surface area contributed by atoms with Gasteiger partial charge in [-0.05, 0) is 31.9 Å². The van der Waals surface area contributed by atoms with Crippen LogP contribution in [0.5, 0.6) is 0 Å². The second-order valence-corrected chi connectivity index (χ2v) is 7.81. The summed E-state index contributed by atoms with van der Waals surface area (Å²) >= 11 is 0.947. The van der Waals surface area contributed by atoms with Gasteiger partial charge >= 0.3 is 6.09 Å². The van der Waals surface area contributed by atoms with Gasteiger partial charge in [-0.1, -0.05) is 29.5 Å². The van der Waals surface area contributed by atoms with Gasteiger partial charge in [0.15, 0.2) is 0 Å². The Morgan fingerprint density at radius 2 is 2.00 bits per heavy atom. The van der Waals surface area contributed by atoms with Crippen LogP contribution < -0.4 is 10.1 Å². The molecule has 146 valence electrons. The summed E-state index contributed by atoms with van der Waals surface area (Å²) in [5.41, 5.74) is 1.41. The largest absolute Gasteiger partial charge is 0.450 e. The van der Waals surface area contributed by atoms with E-state index in [1.165, 1.54) is 0 Å². The maximum absolute atomic E-state index is 12.7. The Balaban J connectivity index is 1.50. The van der Waals surface area contributed by atoms with Crippen LogP contribution >= 0.6 is 11.3 Å². The second-order valence-electron chi connectivity index (χ2n) is 6.79. The Bertz CT molecular complexity index is 1100. The Morgan fingerprint density at radius 1 is 1.25 bits per heavy atom. The summed E-state index contributed by atoms with van der Waals surface area (Å²) in [6.07, 6.45) is 1.01. The number of rotatable bonds is 3. The highest BCUT2D eigenvalue weighted by Crippen LogP contribution is 2.25. The number of para-hydroxylation sites is 1. The number of H-pyrrole nitrogens is 1. The number of fused-ring (bicyclic) bond motifs is 3. The molecular formula is C20H21N3O4S. The van der Waals surface area contributed by atoms with Crippen LogP contribution in [0.25, 0.3) is 21.8 Å². The molecule has 28 heavy (non-hydrogen) atoms. The molecule has 3 heterocycles. The number of nitrogens with zero attached hydrogens (tertiary/aromatic N) is 1. The molecule has 2 amide bonds. The predicted molar refractivity (Wildman–Crippen MR) is 109 cm³/mol. The van der Waals surface area contributed by atoms with Crippen LogP contribution in [0.2, 0.25) is 0 Å². The van der Waals surface area contributed by atoms with Gasteiger partial charge in [-0.15, -0.1) is 0 Å². The highest BCUT2D eigenvalue weighted by atomic mass is 32.1. The van der Waals surface area contributed by atoms with Crippen molar-refractivity contribution in [2.75, 3.05) is 19.7 Å². The van der Waals surface area contributed by atoms with Gasteiger partial charge in [0.25, 0.3) is 10.6 Å². The lowest BCUT2D eigenvalue weighted by Crippen LogP contribution is -2.46. The molecule has 1 saturated heterocycles. The molecular weight excluding hydrogens is 378 g/mol. The normalized spacial score (nSPS) is 15.1. The zero-order valence-corrected chi connectivity index (χ0v) is 16.3. The van der Waals surface area contributed by atoms with Gasteiger partial charge in [0, 0.05) is 35.4 Å². The molecule has 8 heteroatoms. The number of amides is 2. The number of aromatic amines is 1. The molecule has 3 aromatic rings. The molecule has 2 aromatic heterocycles. The zero-order valence-electron chi connectivity index (χ0n) is 15.5. The number of aromatic nitrogens is 1. The minimum absolute atomic E-state index is 0.0286. The molecule has 0 atom stereocenters. The molecule has 0 bridgehead atoms. The summed E-state index contributed by atoms with van der Waals surface area (Å²) in [5.74, 6) is -0.246. The van der Waals surface area contributed by atoms with Gasteiger partial charge in [-0.2, -0.15) is 0 Å². The smallest absolute Gasteiger partial charge is 0.409 e. The molecule has 4 rings (SSSR count). The third kappa shape index (κ3) is 3.47. The van der Waals surface area contributed by atoms with Crippen molar-refractivity contribution in [1.29, 1.82) is 0 Å². The number of benzene rings is 1. The predicted octanol–water partition coefficient (Wildman–Crippen LogP) is 3.09. The molecule has 1 fully saturated rings. The number of ether oxygens (including phenoxy) is 1. The van der Waals surface area contributed by atoms with E-state index in [1.807, 2.05) is 24.3 Å². The van der Waals surface area contributed by atoms with Crippen LogP contribution in [0.15, 0.2) is 35.1 Å². The summed E-state index contributed by atoms with van der Waals surface area (Å²) in [5, 5.41) is 4.70. The topological polar surface area (TPSA) is 91.5 Å². The van der Waals surface area contributed by atoms with Gasteiger partial charge in [0.05, 0.1) is 11.5 Å². The van der Waals surface area contributed by atoms with Gasteiger partial charge in [0.1, 0.15) is 5.52 Å². The standard InChI is InChI=1S/C20H21N3O4S/c1-2-27-20(26)23-9-7-12(8-10-23)21-18(24)16-11-14-13-5-3-4-6-15(13)22-17(14)19(25)28-16/h3-6,11-12,22H,2,7-10H2,1H3,(H,21,24). The third-order valence-electron chi connectivity index (χ3n) is 5.01. The highest BCUT2D eigenvalue weighted by Gasteiger charge is 2.25. The molecule has 0 saturated carbocycles. The molecule has 2 N–H and O–H groups in total. The second kappa shape index (κ2) is 7.63. The maximum atomic E-state index is 12.7. The van der Waals surface area contributed by atoms with E-state index in [-0.39, 0.29) is 22.8 Å². The lowest BCUT2D eigenvalue weighted by molar-refractivity contribution is 0.0862. The number of nitrogens with one attached hydrogen (secondary N) is 2. The fourth-order valence-electron chi connectivity index (χ4n) is 3.58. The van der Waals surface area contributed by atoms with E-state index >= 15 is 0 Å². The van der Waals surface area contributed by atoms with Crippen molar-refractivity contribution in [2.24, 2.45) is 0 Å². The molecule has 0 unspecified atom stereocenters. The highest BCUT2D eigenvalue weighted by molar-refractivity contribution is 7.12. The molecule has 1 aliphatic rings. The van der Waals surface area contributed by atoms with Crippen molar-refractivity contribution < 1.29 is 14.3 Å². The summed E-state index contributed by atoms with van der Waals surface area (Å²) in [4.78, 5) is 42.2. The Hall–Kier alpha value is -2.87. The van der Waals surface area contributed by atoms with E-state index in [0.717, 1.165) is 27.6 Å². The number of carbonyl (C=O) groups is 2. The lowest BCUT2D eigenvalue weighted by atomic mass is 10.1. The van der Waals surface area contributed by atoms with Crippen LogP contribution in [-0.2, 0) is 4.74 Å². The fraction of sp³-hybridized carbons (Fsp3) is 0.350. The fourth-order valence-corrected chi connectivity index (χ4v) is 4.37. The van der Waals surface area contributed by atoms with Gasteiger partial charge in [0.2, 0.25) is 0 Å². The summed E-state index contributed by atoms with van der Waals surface area (Å²) in [7, 11) is 0. The van der Waals surface area contributed by atoms with Crippen LogP contribution in [-0.4, -0.2) is 47.6 Å². The quantitative estimate of drug-likeness (QED) is 0.708. The first-order valence-corrected chi connectivity index (χ1v) is 10.2. The molecule has 0 radical (unpaired) electrons. The zero-order chi connectivity index (χ0) is 19.7. The summed E-state index contributed by atoms with van der Waals surface area (Å²) in [6.45, 7) is 3.22. The van der Waals surface area contributed by atoms with E-state index in [4.69, 9.17) is 4.74 Å². The molecule has 7 nitrogen and oxygen atoms in total. The van der Waals surface area contributed by atoms with Crippen LogP contribution in [0, 0.1) is 0 Å². The maximum Gasteiger partial charge on any atom is 0.409 e. The molecule has 0 spiro atoms. The van der Waals surface area contributed by atoms with Crippen molar-refractivity contribution in [2.45, 2.75) is 25.8 Å². The van der Waals surface area contributed by atoms with Crippen molar-refractivity contribution >= 4 is 45.1 Å². The minimum atomic E-state index is -0.310. The van der Waals surface area contributed by atoms with Crippen molar-refractivity contribution in [3.63, 3.8) is 0 Å². The number of carbonyl (C=O) groups excluding carboxylic acids is 2. The Kier molecular flexibility index (Phi) is 5.04.